The van der Waals surface area contributed by atoms with E-state index < -0.39 is 15.9 Å². The van der Waals surface area contributed by atoms with Crippen molar-refractivity contribution in [3.8, 4) is 11.3 Å². The van der Waals surface area contributed by atoms with E-state index in [-0.39, 0.29) is 11.2 Å². The number of sulfonamides is 1. The number of nitrogens with one attached hydrogen (secondary N) is 1. The Kier molecular flexibility index (Phi) is 5.32. The van der Waals surface area contributed by atoms with Gasteiger partial charge in [0.2, 0.25) is 10.0 Å². The molecule has 0 atom stereocenters. The third-order valence-corrected chi connectivity index (χ3v) is 5.18. The predicted molar refractivity (Wildman–Crippen MR) is 100 cm³/mol. The summed E-state index contributed by atoms with van der Waals surface area (Å²) in [6, 6.07) is 10.9. The molecule has 0 fully saturated rings. The zero-order valence-corrected chi connectivity index (χ0v) is 16.1. The van der Waals surface area contributed by atoms with Gasteiger partial charge < -0.3 is 0 Å². The first-order valence-electron chi connectivity index (χ1n) is 8.17. The van der Waals surface area contributed by atoms with E-state index in [0.29, 0.717) is 5.56 Å². The number of nitrogens with zero attached hydrogens (tertiary/aromatic N) is 1. The van der Waals surface area contributed by atoms with Crippen LogP contribution in [0, 0.1) is 6.92 Å². The molecular formula is C19H24N2O3S. The summed E-state index contributed by atoms with van der Waals surface area (Å²) in [6.07, 6.45) is 0. The molecule has 2 aromatic rings. The molecular weight excluding hydrogens is 336 g/mol. The molecule has 0 unspecified atom stereocenters. The van der Waals surface area contributed by atoms with Crippen LogP contribution in [-0.4, -0.2) is 25.1 Å². The van der Waals surface area contributed by atoms with E-state index in [1.54, 1.807) is 18.2 Å². The second kappa shape index (κ2) is 6.96. The van der Waals surface area contributed by atoms with Gasteiger partial charge in [-0.05, 0) is 43.7 Å². The Bertz CT molecular complexity index is 897. The second-order valence-corrected chi connectivity index (χ2v) is 9.03. The fraction of sp³-hybridized carbons (Fsp3) is 0.368. The summed E-state index contributed by atoms with van der Waals surface area (Å²) in [4.78, 5) is 16.9. The standard InChI is InChI=1S/C19H24N2O3S/c1-6-25(23,24)21-18(22)14-11-10-13(2)15(12-14)16-8-7-9-17(20-16)19(3,4)5/h7-12H,6H2,1-5H3,(H,21,22). The molecule has 5 nitrogen and oxygen atoms in total. The molecule has 0 radical (unpaired) electrons. The van der Waals surface area contributed by atoms with Gasteiger partial charge in [0.05, 0.1) is 11.4 Å². The van der Waals surface area contributed by atoms with Crippen LogP contribution in [0.15, 0.2) is 36.4 Å². The molecule has 1 heterocycles. The third-order valence-electron chi connectivity index (χ3n) is 3.92. The summed E-state index contributed by atoms with van der Waals surface area (Å²) in [5.41, 5.74) is 3.70. The molecule has 1 N–H and O–H groups in total. The number of pyridine rings is 1. The number of aromatic nitrogens is 1. The molecule has 0 saturated heterocycles. The normalized spacial score (nSPS) is 12.0. The maximum atomic E-state index is 12.2. The van der Waals surface area contributed by atoms with Crippen LogP contribution in [-0.2, 0) is 15.4 Å². The van der Waals surface area contributed by atoms with Gasteiger partial charge in [0, 0.05) is 22.2 Å². The van der Waals surface area contributed by atoms with Crippen molar-refractivity contribution in [1.82, 2.24) is 9.71 Å². The van der Waals surface area contributed by atoms with Gasteiger partial charge in [-0.3, -0.25) is 9.78 Å². The van der Waals surface area contributed by atoms with Crippen LogP contribution in [0.5, 0.6) is 0 Å². The van der Waals surface area contributed by atoms with Crippen molar-refractivity contribution in [2.45, 2.75) is 40.0 Å². The average Bonchev–Trinajstić information content (AvgIpc) is 2.54. The summed E-state index contributed by atoms with van der Waals surface area (Å²) >= 11 is 0. The molecule has 134 valence electrons. The van der Waals surface area contributed by atoms with E-state index in [9.17, 15) is 13.2 Å². The second-order valence-electron chi connectivity index (χ2n) is 7.02. The van der Waals surface area contributed by atoms with Gasteiger partial charge in [0.1, 0.15) is 0 Å². The molecule has 0 bridgehead atoms. The summed E-state index contributed by atoms with van der Waals surface area (Å²) in [6.45, 7) is 9.69. The van der Waals surface area contributed by atoms with E-state index in [4.69, 9.17) is 4.98 Å². The smallest absolute Gasteiger partial charge is 0.264 e. The monoisotopic (exact) mass is 360 g/mol. The number of aryl methyl sites for hydroxylation is 1. The number of rotatable bonds is 4. The topological polar surface area (TPSA) is 76.1 Å². The molecule has 2 rings (SSSR count). The zero-order chi connectivity index (χ0) is 18.8. The quantitative estimate of drug-likeness (QED) is 0.906. The lowest BCUT2D eigenvalue weighted by Crippen LogP contribution is -2.31. The molecule has 0 aliphatic carbocycles. The molecule has 1 aromatic carbocycles. The highest BCUT2D eigenvalue weighted by Crippen LogP contribution is 2.27. The highest BCUT2D eigenvalue weighted by molar-refractivity contribution is 7.90. The molecule has 0 saturated carbocycles. The summed E-state index contributed by atoms with van der Waals surface area (Å²) < 4.78 is 25.3. The summed E-state index contributed by atoms with van der Waals surface area (Å²) in [5.74, 6) is -0.776. The van der Waals surface area contributed by atoms with Crippen LogP contribution >= 0.6 is 0 Å². The van der Waals surface area contributed by atoms with E-state index in [0.717, 1.165) is 22.5 Å². The van der Waals surface area contributed by atoms with Gasteiger partial charge in [0.25, 0.3) is 5.91 Å². The van der Waals surface area contributed by atoms with Gasteiger partial charge in [0.15, 0.2) is 0 Å². The molecule has 0 aliphatic heterocycles. The fourth-order valence-electron chi connectivity index (χ4n) is 2.31. The number of hydrogen-bond donors (Lipinski definition) is 1. The minimum Gasteiger partial charge on any atom is -0.268 e. The zero-order valence-electron chi connectivity index (χ0n) is 15.3. The SMILES string of the molecule is CCS(=O)(=O)NC(=O)c1ccc(C)c(-c2cccc(C(C)(C)C)n2)c1. The van der Waals surface area contributed by atoms with Crippen LogP contribution < -0.4 is 4.72 Å². The largest absolute Gasteiger partial charge is 0.268 e. The van der Waals surface area contributed by atoms with Crippen molar-refractivity contribution in [1.29, 1.82) is 0 Å². The van der Waals surface area contributed by atoms with Gasteiger partial charge in [-0.1, -0.05) is 32.9 Å². The third kappa shape index (κ3) is 4.66. The van der Waals surface area contributed by atoms with Crippen LogP contribution in [0.3, 0.4) is 0 Å². The maximum absolute atomic E-state index is 12.2. The first-order chi connectivity index (χ1) is 11.5. The summed E-state index contributed by atoms with van der Waals surface area (Å²) in [5, 5.41) is 0. The Labute approximate surface area is 149 Å². The van der Waals surface area contributed by atoms with Gasteiger partial charge in [-0.25, -0.2) is 13.1 Å². The molecule has 0 aliphatic rings. The molecule has 1 aromatic heterocycles. The lowest BCUT2D eigenvalue weighted by atomic mass is 9.91. The highest BCUT2D eigenvalue weighted by Gasteiger charge is 2.18. The predicted octanol–water partition coefficient (Wildman–Crippen LogP) is 3.43. The van der Waals surface area contributed by atoms with Crippen molar-refractivity contribution in [3.63, 3.8) is 0 Å². The van der Waals surface area contributed by atoms with Crippen LogP contribution in [0.4, 0.5) is 0 Å². The minimum atomic E-state index is -3.60. The number of carbonyl (C=O) groups excluding carboxylic acids is 1. The first-order valence-corrected chi connectivity index (χ1v) is 9.82. The number of carbonyl (C=O) groups is 1. The van der Waals surface area contributed by atoms with Crippen molar-refractivity contribution >= 4 is 15.9 Å². The average molecular weight is 360 g/mol. The van der Waals surface area contributed by atoms with Gasteiger partial charge in [-0.2, -0.15) is 0 Å². The number of benzene rings is 1. The van der Waals surface area contributed by atoms with Crippen molar-refractivity contribution < 1.29 is 13.2 Å². The Balaban J connectivity index is 2.45. The Morgan fingerprint density at radius 3 is 2.44 bits per heavy atom. The van der Waals surface area contributed by atoms with E-state index in [2.05, 4.69) is 25.5 Å². The molecule has 0 spiro atoms. The Morgan fingerprint density at radius 1 is 1.16 bits per heavy atom. The maximum Gasteiger partial charge on any atom is 0.264 e. The van der Waals surface area contributed by atoms with Crippen molar-refractivity contribution in [2.75, 3.05) is 5.75 Å². The molecule has 1 amide bonds. The minimum absolute atomic E-state index is 0.0892. The Hall–Kier alpha value is -2.21. The van der Waals surface area contributed by atoms with Gasteiger partial charge >= 0.3 is 0 Å². The van der Waals surface area contributed by atoms with Gasteiger partial charge in [-0.15, -0.1) is 0 Å². The molecule has 6 heteroatoms. The number of hydrogen-bond acceptors (Lipinski definition) is 4. The Morgan fingerprint density at radius 2 is 1.84 bits per heavy atom. The van der Waals surface area contributed by atoms with E-state index >= 15 is 0 Å². The van der Waals surface area contributed by atoms with Crippen LogP contribution in [0.2, 0.25) is 0 Å². The fourth-order valence-corrected chi connectivity index (χ4v) is 2.86. The van der Waals surface area contributed by atoms with Crippen LogP contribution in [0.25, 0.3) is 11.3 Å². The molecule has 25 heavy (non-hydrogen) atoms. The lowest BCUT2D eigenvalue weighted by Gasteiger charge is -2.19. The summed E-state index contributed by atoms with van der Waals surface area (Å²) in [7, 11) is -3.60. The lowest BCUT2D eigenvalue weighted by molar-refractivity contribution is 0.0981. The highest BCUT2D eigenvalue weighted by atomic mass is 32.2. The van der Waals surface area contributed by atoms with Crippen LogP contribution in [0.1, 0.15) is 49.3 Å². The van der Waals surface area contributed by atoms with E-state index in [1.807, 2.05) is 25.1 Å². The van der Waals surface area contributed by atoms with Crippen molar-refractivity contribution in [2.24, 2.45) is 0 Å². The van der Waals surface area contributed by atoms with Crippen molar-refractivity contribution in [3.05, 3.63) is 53.2 Å². The number of amides is 1. The van der Waals surface area contributed by atoms with E-state index in [1.165, 1.54) is 6.92 Å². The first kappa shape index (κ1) is 19.1.